The number of nitrogens with one attached hydrogen (secondary N) is 1. The number of hydrogen-bond donors (Lipinski definition) is 2. The second kappa shape index (κ2) is 8.40. The van der Waals surface area contributed by atoms with Crippen LogP contribution in [0.25, 0.3) is 0 Å². The Morgan fingerprint density at radius 3 is 2.52 bits per heavy atom. The molecular weight excluding hydrogens is 344 g/mol. The largest absolute Gasteiger partial charge is 0.481 e. The van der Waals surface area contributed by atoms with Gasteiger partial charge in [0, 0.05) is 31.7 Å². The average molecular weight is 370 g/mol. The maximum atomic E-state index is 12.6. The van der Waals surface area contributed by atoms with Gasteiger partial charge in [-0.2, -0.15) is 5.26 Å². The highest BCUT2D eigenvalue weighted by Gasteiger charge is 2.34. The Hall–Kier alpha value is -2.59. The molecule has 0 bridgehead atoms. The number of carboxylic acids is 1. The van der Waals surface area contributed by atoms with E-state index in [-0.39, 0.29) is 12.5 Å². The van der Waals surface area contributed by atoms with E-state index in [2.05, 4.69) is 11.4 Å². The summed E-state index contributed by atoms with van der Waals surface area (Å²) in [6.07, 6.45) is 3.02. The lowest BCUT2D eigenvalue weighted by atomic mass is 9.74. The van der Waals surface area contributed by atoms with Crippen LogP contribution in [-0.4, -0.2) is 54.7 Å². The van der Waals surface area contributed by atoms with Gasteiger partial charge in [0.1, 0.15) is 0 Å². The van der Waals surface area contributed by atoms with Gasteiger partial charge in [-0.1, -0.05) is 12.1 Å². The van der Waals surface area contributed by atoms with Crippen molar-refractivity contribution in [3.05, 3.63) is 29.8 Å². The van der Waals surface area contributed by atoms with Crippen LogP contribution in [0.4, 0.5) is 10.5 Å². The molecule has 2 fully saturated rings. The average Bonchev–Trinajstić information content (AvgIpc) is 3.06. The molecule has 0 aromatic heterocycles. The number of unbranched alkanes of at least 4 members (excludes halogenated alkanes) is 1. The standard InChI is InChI=1S/C20H26N4O3/c21-15-20(8-10-22-11-9-20)16-4-6-17(7-5-16)24-14-13-23(19(24)27)12-2-1-3-18(25)26/h4-7,22H,1-3,8-14H2,(H,25,26). The molecule has 1 aromatic carbocycles. The molecule has 2 heterocycles. The topological polar surface area (TPSA) is 96.7 Å². The minimum atomic E-state index is -0.798. The number of piperidine rings is 1. The third-order valence-corrected chi connectivity index (χ3v) is 5.57. The van der Waals surface area contributed by atoms with E-state index < -0.39 is 11.4 Å². The Kier molecular flexibility index (Phi) is 5.97. The van der Waals surface area contributed by atoms with E-state index in [0.29, 0.717) is 32.5 Å². The number of urea groups is 1. The molecule has 2 saturated heterocycles. The third kappa shape index (κ3) is 4.22. The summed E-state index contributed by atoms with van der Waals surface area (Å²) >= 11 is 0. The van der Waals surface area contributed by atoms with E-state index in [4.69, 9.17) is 5.11 Å². The van der Waals surface area contributed by atoms with Gasteiger partial charge in [0.25, 0.3) is 0 Å². The zero-order chi connectivity index (χ0) is 19.3. The number of anilines is 1. The first-order valence-corrected chi connectivity index (χ1v) is 9.56. The first-order valence-electron chi connectivity index (χ1n) is 9.56. The van der Waals surface area contributed by atoms with Crippen molar-refractivity contribution < 1.29 is 14.7 Å². The van der Waals surface area contributed by atoms with Crippen LogP contribution < -0.4 is 10.2 Å². The maximum Gasteiger partial charge on any atom is 0.324 e. The van der Waals surface area contributed by atoms with E-state index in [9.17, 15) is 14.9 Å². The minimum absolute atomic E-state index is 0.0325. The Balaban J connectivity index is 1.61. The van der Waals surface area contributed by atoms with Crippen LogP contribution in [0.2, 0.25) is 0 Å². The van der Waals surface area contributed by atoms with Crippen LogP contribution in [0.1, 0.15) is 37.7 Å². The van der Waals surface area contributed by atoms with E-state index in [1.54, 1.807) is 9.80 Å². The van der Waals surface area contributed by atoms with Crippen molar-refractivity contribution in [1.82, 2.24) is 10.2 Å². The lowest BCUT2D eigenvalue weighted by Crippen LogP contribution is -2.38. The van der Waals surface area contributed by atoms with Gasteiger partial charge in [0.2, 0.25) is 0 Å². The molecule has 27 heavy (non-hydrogen) atoms. The van der Waals surface area contributed by atoms with Gasteiger partial charge >= 0.3 is 12.0 Å². The van der Waals surface area contributed by atoms with Crippen molar-refractivity contribution in [2.75, 3.05) is 37.6 Å². The smallest absolute Gasteiger partial charge is 0.324 e. The molecule has 7 nitrogen and oxygen atoms in total. The normalized spacial score (nSPS) is 19.1. The van der Waals surface area contributed by atoms with E-state index in [1.807, 2.05) is 24.3 Å². The van der Waals surface area contributed by atoms with Crippen molar-refractivity contribution in [3.8, 4) is 6.07 Å². The van der Waals surface area contributed by atoms with Gasteiger partial charge < -0.3 is 15.3 Å². The highest BCUT2D eigenvalue weighted by atomic mass is 16.4. The number of nitrogens with zero attached hydrogens (tertiary/aromatic N) is 3. The Labute approximate surface area is 159 Å². The molecule has 0 aliphatic carbocycles. The first kappa shape index (κ1) is 19.2. The lowest BCUT2D eigenvalue weighted by molar-refractivity contribution is -0.137. The molecule has 2 amide bonds. The molecule has 0 spiro atoms. The third-order valence-electron chi connectivity index (χ3n) is 5.57. The molecule has 2 N–H and O–H groups in total. The van der Waals surface area contributed by atoms with Crippen LogP contribution >= 0.6 is 0 Å². The van der Waals surface area contributed by atoms with Crippen molar-refractivity contribution in [1.29, 1.82) is 5.26 Å². The molecule has 0 unspecified atom stereocenters. The molecule has 2 aliphatic heterocycles. The van der Waals surface area contributed by atoms with Crippen molar-refractivity contribution in [3.63, 3.8) is 0 Å². The lowest BCUT2D eigenvalue weighted by Gasteiger charge is -2.32. The number of hydrogen-bond acceptors (Lipinski definition) is 4. The minimum Gasteiger partial charge on any atom is -0.481 e. The summed E-state index contributed by atoms with van der Waals surface area (Å²) in [7, 11) is 0. The number of nitriles is 1. The van der Waals surface area contributed by atoms with Crippen molar-refractivity contribution in [2.45, 2.75) is 37.5 Å². The van der Waals surface area contributed by atoms with Gasteiger partial charge in [-0.05, 0) is 56.5 Å². The molecular formula is C20H26N4O3. The predicted octanol–water partition coefficient (Wildman–Crippen LogP) is 2.33. The SMILES string of the molecule is N#CC1(c2ccc(N3CCN(CCCCC(=O)O)C3=O)cc2)CCNCC1. The molecule has 1 aromatic rings. The molecule has 144 valence electrons. The fraction of sp³-hybridized carbons (Fsp3) is 0.550. The van der Waals surface area contributed by atoms with Crippen LogP contribution in [0.15, 0.2) is 24.3 Å². The predicted molar refractivity (Wildman–Crippen MR) is 102 cm³/mol. The number of carbonyl (C=O) groups is 2. The number of amides is 2. The van der Waals surface area contributed by atoms with Crippen molar-refractivity contribution >= 4 is 17.7 Å². The molecule has 7 heteroatoms. The van der Waals surface area contributed by atoms with E-state index in [1.165, 1.54) is 0 Å². The summed E-state index contributed by atoms with van der Waals surface area (Å²) < 4.78 is 0. The molecule has 2 aliphatic rings. The van der Waals surface area contributed by atoms with E-state index >= 15 is 0 Å². The Bertz CT molecular complexity index is 720. The second-order valence-electron chi connectivity index (χ2n) is 7.26. The zero-order valence-electron chi connectivity index (χ0n) is 15.5. The zero-order valence-corrected chi connectivity index (χ0v) is 15.5. The van der Waals surface area contributed by atoms with Crippen LogP contribution in [0.5, 0.6) is 0 Å². The Morgan fingerprint density at radius 2 is 1.89 bits per heavy atom. The summed E-state index contributed by atoms with van der Waals surface area (Å²) in [6.45, 7) is 3.56. The number of carboxylic acid groups (broad SMARTS) is 1. The maximum absolute atomic E-state index is 12.6. The fourth-order valence-corrected chi connectivity index (χ4v) is 3.89. The van der Waals surface area contributed by atoms with Gasteiger partial charge in [0.15, 0.2) is 0 Å². The highest BCUT2D eigenvalue weighted by molar-refractivity contribution is 5.94. The summed E-state index contributed by atoms with van der Waals surface area (Å²) in [5, 5.41) is 21.7. The fourth-order valence-electron chi connectivity index (χ4n) is 3.89. The molecule has 0 saturated carbocycles. The summed E-state index contributed by atoms with van der Waals surface area (Å²) in [6, 6.07) is 10.3. The van der Waals surface area contributed by atoms with Gasteiger partial charge in [0.05, 0.1) is 11.5 Å². The van der Waals surface area contributed by atoms with E-state index in [0.717, 1.165) is 37.2 Å². The van der Waals surface area contributed by atoms with Crippen molar-refractivity contribution in [2.24, 2.45) is 0 Å². The van der Waals surface area contributed by atoms with Gasteiger partial charge in [-0.25, -0.2) is 4.79 Å². The quantitative estimate of drug-likeness (QED) is 0.718. The van der Waals surface area contributed by atoms with Crippen LogP contribution in [-0.2, 0) is 10.2 Å². The number of rotatable bonds is 7. The van der Waals surface area contributed by atoms with Crippen LogP contribution in [0.3, 0.4) is 0 Å². The number of benzene rings is 1. The van der Waals surface area contributed by atoms with Gasteiger partial charge in [-0.15, -0.1) is 0 Å². The summed E-state index contributed by atoms with van der Waals surface area (Å²) in [5.41, 5.74) is 1.43. The Morgan fingerprint density at radius 1 is 1.19 bits per heavy atom. The second-order valence-corrected chi connectivity index (χ2v) is 7.26. The number of carbonyl (C=O) groups excluding carboxylic acids is 1. The summed E-state index contributed by atoms with van der Waals surface area (Å²) in [5.74, 6) is -0.798. The summed E-state index contributed by atoms with van der Waals surface area (Å²) in [4.78, 5) is 26.7. The monoisotopic (exact) mass is 370 g/mol. The molecule has 0 radical (unpaired) electrons. The van der Waals surface area contributed by atoms with Gasteiger partial charge in [-0.3, -0.25) is 9.69 Å². The molecule has 3 rings (SSSR count). The number of aliphatic carboxylic acids is 1. The molecule has 0 atom stereocenters. The first-order chi connectivity index (χ1) is 13.1. The van der Waals surface area contributed by atoms with Crippen LogP contribution in [0, 0.1) is 11.3 Å². The highest BCUT2D eigenvalue weighted by Crippen LogP contribution is 2.34.